The zero-order valence-corrected chi connectivity index (χ0v) is 10.3. The van der Waals surface area contributed by atoms with Crippen LogP contribution in [0.2, 0.25) is 0 Å². The van der Waals surface area contributed by atoms with Gasteiger partial charge in [-0.2, -0.15) is 0 Å². The number of likely N-dealkylation sites (N-methyl/N-ethyl adjacent to an activating group) is 1. The number of piperazine rings is 1. The lowest BCUT2D eigenvalue weighted by atomic mass is 10.1. The molecule has 2 rings (SSSR count). The molecule has 1 N–H and O–H groups in total. The quantitative estimate of drug-likeness (QED) is 0.815. The number of amides is 2. The molecule has 1 heterocycles. The first kappa shape index (κ1) is 12.4. The van der Waals surface area contributed by atoms with Crippen molar-refractivity contribution in [2.75, 3.05) is 26.7 Å². The highest BCUT2D eigenvalue weighted by Gasteiger charge is 2.24. The Kier molecular flexibility index (Phi) is 3.50. The SMILES string of the molecule is CN1CCN(C(=O)Cc2ccccc2O)CC1=O. The molecule has 2 amide bonds. The lowest BCUT2D eigenvalue weighted by Crippen LogP contribution is -2.51. The topological polar surface area (TPSA) is 60.9 Å². The Bertz CT molecular complexity index is 473. The van der Waals surface area contributed by atoms with Crippen LogP contribution in [-0.4, -0.2) is 53.4 Å². The number of nitrogens with zero attached hydrogens (tertiary/aromatic N) is 2. The standard InChI is InChI=1S/C13H16N2O3/c1-14-6-7-15(9-13(14)18)12(17)8-10-4-2-3-5-11(10)16/h2-5,16H,6-9H2,1H3. The summed E-state index contributed by atoms with van der Waals surface area (Å²) in [7, 11) is 1.73. The average molecular weight is 248 g/mol. The average Bonchev–Trinajstić information content (AvgIpc) is 2.35. The molecule has 96 valence electrons. The molecule has 0 atom stereocenters. The molecule has 1 aromatic carbocycles. The summed E-state index contributed by atoms with van der Waals surface area (Å²) >= 11 is 0. The maximum Gasteiger partial charge on any atom is 0.241 e. The fourth-order valence-corrected chi connectivity index (χ4v) is 1.91. The highest BCUT2D eigenvalue weighted by Crippen LogP contribution is 2.17. The molecule has 5 nitrogen and oxygen atoms in total. The first-order valence-electron chi connectivity index (χ1n) is 5.86. The molecule has 1 saturated heterocycles. The first-order chi connectivity index (χ1) is 8.58. The molecule has 0 saturated carbocycles. The third kappa shape index (κ3) is 2.61. The second kappa shape index (κ2) is 5.08. The molecule has 1 aliphatic rings. The summed E-state index contributed by atoms with van der Waals surface area (Å²) in [6.45, 7) is 1.24. The van der Waals surface area contributed by atoms with E-state index in [0.717, 1.165) is 0 Å². The number of carbonyl (C=O) groups excluding carboxylic acids is 2. The van der Waals surface area contributed by atoms with E-state index in [1.807, 2.05) is 0 Å². The molecule has 1 aromatic rings. The molecule has 0 bridgehead atoms. The molecular formula is C13H16N2O3. The minimum Gasteiger partial charge on any atom is -0.508 e. The van der Waals surface area contributed by atoms with Crippen molar-refractivity contribution in [3.05, 3.63) is 29.8 Å². The van der Waals surface area contributed by atoms with Gasteiger partial charge in [-0.25, -0.2) is 0 Å². The Morgan fingerprint density at radius 1 is 1.33 bits per heavy atom. The van der Waals surface area contributed by atoms with E-state index < -0.39 is 0 Å². The molecule has 1 fully saturated rings. The van der Waals surface area contributed by atoms with Crippen LogP contribution in [0.15, 0.2) is 24.3 Å². The summed E-state index contributed by atoms with van der Waals surface area (Å²) in [5.41, 5.74) is 0.592. The van der Waals surface area contributed by atoms with Gasteiger partial charge < -0.3 is 14.9 Å². The van der Waals surface area contributed by atoms with E-state index in [2.05, 4.69) is 0 Å². The van der Waals surface area contributed by atoms with Crippen molar-refractivity contribution in [3.63, 3.8) is 0 Å². The number of hydrogen-bond donors (Lipinski definition) is 1. The van der Waals surface area contributed by atoms with Gasteiger partial charge in [0, 0.05) is 25.7 Å². The van der Waals surface area contributed by atoms with Gasteiger partial charge in [0.15, 0.2) is 0 Å². The minimum atomic E-state index is -0.127. The summed E-state index contributed by atoms with van der Waals surface area (Å²) in [6, 6.07) is 6.75. The number of carbonyl (C=O) groups is 2. The summed E-state index contributed by atoms with van der Waals surface area (Å²) in [6.07, 6.45) is 0.129. The van der Waals surface area contributed by atoms with Crippen LogP contribution in [0, 0.1) is 0 Å². The van der Waals surface area contributed by atoms with Crippen molar-refractivity contribution in [2.24, 2.45) is 0 Å². The molecule has 1 aliphatic heterocycles. The fraction of sp³-hybridized carbons (Fsp3) is 0.385. The zero-order valence-electron chi connectivity index (χ0n) is 10.3. The predicted octanol–water partition coefficient (Wildman–Crippen LogP) is 0.235. The number of phenols is 1. The Labute approximate surface area is 106 Å². The van der Waals surface area contributed by atoms with Crippen molar-refractivity contribution in [3.8, 4) is 5.75 Å². The monoisotopic (exact) mass is 248 g/mol. The molecule has 18 heavy (non-hydrogen) atoms. The Hall–Kier alpha value is -2.04. The fourth-order valence-electron chi connectivity index (χ4n) is 1.91. The van der Waals surface area contributed by atoms with Crippen LogP contribution in [0.5, 0.6) is 5.75 Å². The van der Waals surface area contributed by atoms with Gasteiger partial charge in [-0.3, -0.25) is 9.59 Å². The van der Waals surface area contributed by atoms with E-state index in [4.69, 9.17) is 0 Å². The van der Waals surface area contributed by atoms with Crippen LogP contribution >= 0.6 is 0 Å². The van der Waals surface area contributed by atoms with E-state index in [9.17, 15) is 14.7 Å². The third-order valence-electron chi connectivity index (χ3n) is 3.14. The minimum absolute atomic E-state index is 0.0492. The maximum absolute atomic E-state index is 12.0. The number of phenolic OH excluding ortho intramolecular Hbond substituents is 1. The lowest BCUT2D eigenvalue weighted by molar-refractivity contribution is -0.143. The number of hydrogen-bond acceptors (Lipinski definition) is 3. The van der Waals surface area contributed by atoms with Crippen LogP contribution in [0.25, 0.3) is 0 Å². The van der Waals surface area contributed by atoms with Gasteiger partial charge in [0.25, 0.3) is 0 Å². The molecule has 0 aromatic heterocycles. The predicted molar refractivity (Wildman–Crippen MR) is 66.0 cm³/mol. The van der Waals surface area contributed by atoms with Crippen molar-refractivity contribution >= 4 is 11.8 Å². The van der Waals surface area contributed by atoms with Gasteiger partial charge in [0.05, 0.1) is 13.0 Å². The first-order valence-corrected chi connectivity index (χ1v) is 5.86. The van der Waals surface area contributed by atoms with Gasteiger partial charge in [0.2, 0.25) is 11.8 Å². The largest absolute Gasteiger partial charge is 0.508 e. The van der Waals surface area contributed by atoms with Crippen LogP contribution in [0.3, 0.4) is 0 Å². The molecule has 0 unspecified atom stereocenters. The van der Waals surface area contributed by atoms with Crippen molar-refractivity contribution < 1.29 is 14.7 Å². The number of rotatable bonds is 2. The van der Waals surface area contributed by atoms with Gasteiger partial charge in [0.1, 0.15) is 5.75 Å². The van der Waals surface area contributed by atoms with Crippen molar-refractivity contribution in [1.29, 1.82) is 0 Å². The third-order valence-corrected chi connectivity index (χ3v) is 3.14. The van der Waals surface area contributed by atoms with Gasteiger partial charge in [-0.15, -0.1) is 0 Å². The summed E-state index contributed by atoms with van der Waals surface area (Å²) in [5, 5.41) is 9.61. The van der Waals surface area contributed by atoms with Crippen LogP contribution in [0.1, 0.15) is 5.56 Å². The zero-order chi connectivity index (χ0) is 13.1. The highest BCUT2D eigenvalue weighted by molar-refractivity contribution is 5.87. The molecule has 0 aliphatic carbocycles. The molecule has 0 radical (unpaired) electrons. The summed E-state index contributed by atoms with van der Waals surface area (Å²) < 4.78 is 0. The number of benzene rings is 1. The highest BCUT2D eigenvalue weighted by atomic mass is 16.3. The molecule has 5 heteroatoms. The Morgan fingerprint density at radius 3 is 2.72 bits per heavy atom. The Balaban J connectivity index is 2.01. The van der Waals surface area contributed by atoms with E-state index in [-0.39, 0.29) is 30.5 Å². The van der Waals surface area contributed by atoms with E-state index in [1.54, 1.807) is 36.2 Å². The lowest BCUT2D eigenvalue weighted by Gasteiger charge is -2.32. The Morgan fingerprint density at radius 2 is 2.06 bits per heavy atom. The van der Waals surface area contributed by atoms with Gasteiger partial charge in [-0.05, 0) is 6.07 Å². The van der Waals surface area contributed by atoms with Crippen molar-refractivity contribution in [2.45, 2.75) is 6.42 Å². The van der Waals surface area contributed by atoms with E-state index in [1.165, 1.54) is 4.90 Å². The van der Waals surface area contributed by atoms with E-state index in [0.29, 0.717) is 18.7 Å². The second-order valence-corrected chi connectivity index (χ2v) is 4.44. The van der Waals surface area contributed by atoms with E-state index >= 15 is 0 Å². The summed E-state index contributed by atoms with van der Waals surface area (Å²) in [5.74, 6) is -0.0591. The second-order valence-electron chi connectivity index (χ2n) is 4.44. The maximum atomic E-state index is 12.0. The smallest absolute Gasteiger partial charge is 0.241 e. The van der Waals surface area contributed by atoms with Crippen LogP contribution < -0.4 is 0 Å². The normalized spacial score (nSPS) is 15.9. The number of aromatic hydroxyl groups is 1. The van der Waals surface area contributed by atoms with Crippen molar-refractivity contribution in [1.82, 2.24) is 9.80 Å². The van der Waals surface area contributed by atoms with Crippen LogP contribution in [-0.2, 0) is 16.0 Å². The van der Waals surface area contributed by atoms with Gasteiger partial charge in [-0.1, -0.05) is 18.2 Å². The summed E-state index contributed by atoms with van der Waals surface area (Å²) in [4.78, 5) is 26.7. The molecular weight excluding hydrogens is 232 g/mol. The number of para-hydroxylation sites is 1. The van der Waals surface area contributed by atoms with Crippen LogP contribution in [0.4, 0.5) is 0 Å². The van der Waals surface area contributed by atoms with Gasteiger partial charge >= 0.3 is 0 Å². The molecule has 0 spiro atoms.